The molecule has 3 rings (SSSR count). The molecule has 8 heteroatoms. The first kappa shape index (κ1) is 12.7. The highest BCUT2D eigenvalue weighted by molar-refractivity contribution is 5.75. The van der Waals surface area contributed by atoms with Gasteiger partial charge in [-0.05, 0) is 12.1 Å². The van der Waals surface area contributed by atoms with Gasteiger partial charge < -0.3 is 15.8 Å². The van der Waals surface area contributed by atoms with E-state index >= 15 is 0 Å². The number of pyridine rings is 1. The molecule has 0 fully saturated rings. The highest BCUT2D eigenvalue weighted by Crippen LogP contribution is 2.22. The number of anilines is 3. The van der Waals surface area contributed by atoms with Crippen LogP contribution in [0.3, 0.4) is 0 Å². The number of nitrogen functional groups attached to an aromatic ring is 1. The Balaban J connectivity index is 2.03. The molecule has 0 saturated heterocycles. The number of nitrogens with one attached hydrogen (secondary N) is 1. The lowest BCUT2D eigenvalue weighted by atomic mass is 10.4. The van der Waals surface area contributed by atoms with Gasteiger partial charge in [-0.2, -0.15) is 9.78 Å². The molecule has 0 aliphatic carbocycles. The van der Waals surface area contributed by atoms with Crippen molar-refractivity contribution >= 4 is 23.0 Å². The van der Waals surface area contributed by atoms with E-state index in [9.17, 15) is 0 Å². The Kier molecular flexibility index (Phi) is 3.00. The topological polar surface area (TPSA) is 114 Å². The van der Waals surface area contributed by atoms with Crippen LogP contribution in [0.25, 0.3) is 5.65 Å². The second-order valence-corrected chi connectivity index (χ2v) is 4.18. The average molecular weight is 281 g/mol. The number of methoxy groups -OCH3 is 1. The maximum absolute atomic E-state index is 9.02. The number of hydrogen-bond donors (Lipinski definition) is 2. The number of fused-ring (bicyclic) bond motifs is 1. The van der Waals surface area contributed by atoms with Crippen LogP contribution in [0.5, 0.6) is 5.75 Å². The molecular weight excluding hydrogens is 270 g/mol. The molecule has 0 bridgehead atoms. The number of aromatic nitrogens is 4. The second-order valence-electron chi connectivity index (χ2n) is 4.18. The third kappa shape index (κ3) is 2.28. The molecule has 0 radical (unpaired) electrons. The predicted molar refractivity (Wildman–Crippen MR) is 76.2 cm³/mol. The highest BCUT2D eigenvalue weighted by atomic mass is 16.5. The summed E-state index contributed by atoms with van der Waals surface area (Å²) in [6.45, 7) is 0. The molecule has 3 aromatic heterocycles. The fourth-order valence-electron chi connectivity index (χ4n) is 1.87. The van der Waals surface area contributed by atoms with Crippen LogP contribution in [0, 0.1) is 11.3 Å². The number of nitrogens with zero attached hydrogens (tertiary/aromatic N) is 5. The maximum atomic E-state index is 9.02. The van der Waals surface area contributed by atoms with Crippen molar-refractivity contribution < 1.29 is 4.74 Å². The van der Waals surface area contributed by atoms with E-state index in [0.717, 1.165) is 0 Å². The Morgan fingerprint density at radius 2 is 2.19 bits per heavy atom. The first-order valence-corrected chi connectivity index (χ1v) is 6.02. The highest BCUT2D eigenvalue weighted by Gasteiger charge is 2.10. The first-order chi connectivity index (χ1) is 10.2. The van der Waals surface area contributed by atoms with Crippen molar-refractivity contribution in [2.75, 3.05) is 18.2 Å². The van der Waals surface area contributed by atoms with Crippen LogP contribution in [-0.4, -0.2) is 26.7 Å². The van der Waals surface area contributed by atoms with Crippen LogP contribution < -0.4 is 15.8 Å². The van der Waals surface area contributed by atoms with Crippen molar-refractivity contribution in [2.24, 2.45) is 0 Å². The van der Waals surface area contributed by atoms with E-state index in [2.05, 4.69) is 20.4 Å². The van der Waals surface area contributed by atoms with Crippen molar-refractivity contribution in [3.05, 3.63) is 36.3 Å². The monoisotopic (exact) mass is 281 g/mol. The van der Waals surface area contributed by atoms with E-state index in [-0.39, 0.29) is 5.82 Å². The lowest BCUT2D eigenvalue weighted by Gasteiger charge is -2.08. The summed E-state index contributed by atoms with van der Waals surface area (Å²) in [6, 6.07) is 7.19. The van der Waals surface area contributed by atoms with Crippen molar-refractivity contribution in [2.45, 2.75) is 0 Å². The quantitative estimate of drug-likeness (QED) is 0.744. The van der Waals surface area contributed by atoms with Gasteiger partial charge in [0.2, 0.25) is 0 Å². The number of nitrogens with two attached hydrogens (primary N) is 1. The zero-order valence-corrected chi connectivity index (χ0v) is 11.1. The van der Waals surface area contributed by atoms with Gasteiger partial charge in [0.25, 0.3) is 0 Å². The number of ether oxygens (including phenoxy) is 1. The molecule has 0 atom stereocenters. The summed E-state index contributed by atoms with van der Waals surface area (Å²) in [6.07, 6.45) is 3.03. The average Bonchev–Trinajstić information content (AvgIpc) is 2.91. The van der Waals surface area contributed by atoms with E-state index < -0.39 is 0 Å². The number of imidazole rings is 1. The van der Waals surface area contributed by atoms with Crippen LogP contribution in [0.15, 0.2) is 30.6 Å². The third-order valence-electron chi connectivity index (χ3n) is 2.84. The van der Waals surface area contributed by atoms with Gasteiger partial charge in [0.15, 0.2) is 11.3 Å². The standard InChI is InChI=1S/C13H11N7O/c1-21-9-2-3-12(16-7-9)18-10-4-11(15)19-20-8(5-14)6-17-13(10)20/h2-4,6-7H,1H3,(H2,15,19)(H,16,18). The van der Waals surface area contributed by atoms with E-state index in [1.807, 2.05) is 6.07 Å². The molecule has 0 aromatic carbocycles. The zero-order valence-electron chi connectivity index (χ0n) is 11.1. The van der Waals surface area contributed by atoms with Crippen LogP contribution >= 0.6 is 0 Å². The Labute approximate surface area is 119 Å². The molecule has 3 aromatic rings. The largest absolute Gasteiger partial charge is 0.495 e. The van der Waals surface area contributed by atoms with Gasteiger partial charge in [-0.3, -0.25) is 0 Å². The Morgan fingerprint density at radius 1 is 1.33 bits per heavy atom. The molecule has 0 saturated carbocycles. The van der Waals surface area contributed by atoms with Gasteiger partial charge in [-0.1, -0.05) is 0 Å². The number of rotatable bonds is 3. The molecule has 104 valence electrons. The van der Waals surface area contributed by atoms with Crippen molar-refractivity contribution in [3.63, 3.8) is 0 Å². The van der Waals surface area contributed by atoms with Crippen molar-refractivity contribution in [3.8, 4) is 11.8 Å². The molecule has 0 aliphatic heterocycles. The zero-order chi connectivity index (χ0) is 14.8. The van der Waals surface area contributed by atoms with Gasteiger partial charge in [0.05, 0.1) is 25.2 Å². The van der Waals surface area contributed by atoms with E-state index in [4.69, 9.17) is 15.7 Å². The molecule has 0 spiro atoms. The fraction of sp³-hybridized carbons (Fsp3) is 0.0769. The van der Waals surface area contributed by atoms with Crippen molar-refractivity contribution in [1.29, 1.82) is 5.26 Å². The summed E-state index contributed by atoms with van der Waals surface area (Å²) < 4.78 is 6.44. The van der Waals surface area contributed by atoms with Gasteiger partial charge in [0, 0.05) is 6.07 Å². The van der Waals surface area contributed by atoms with Crippen LogP contribution in [0.4, 0.5) is 17.3 Å². The summed E-state index contributed by atoms with van der Waals surface area (Å²) >= 11 is 0. The summed E-state index contributed by atoms with van der Waals surface area (Å²) in [5.74, 6) is 1.53. The molecule has 3 heterocycles. The van der Waals surface area contributed by atoms with Gasteiger partial charge >= 0.3 is 0 Å². The second kappa shape index (κ2) is 4.97. The lowest BCUT2D eigenvalue weighted by Crippen LogP contribution is -2.04. The molecule has 21 heavy (non-hydrogen) atoms. The van der Waals surface area contributed by atoms with Crippen molar-refractivity contribution in [1.82, 2.24) is 19.6 Å². The first-order valence-electron chi connectivity index (χ1n) is 6.02. The summed E-state index contributed by atoms with van der Waals surface area (Å²) in [5.41, 5.74) is 7.18. The number of hydrogen-bond acceptors (Lipinski definition) is 7. The number of nitriles is 1. The molecule has 3 N–H and O–H groups in total. The van der Waals surface area contributed by atoms with E-state index in [1.54, 1.807) is 31.5 Å². The smallest absolute Gasteiger partial charge is 0.179 e. The summed E-state index contributed by atoms with van der Waals surface area (Å²) in [7, 11) is 1.57. The molecule has 8 nitrogen and oxygen atoms in total. The Hall–Kier alpha value is -3.34. The maximum Gasteiger partial charge on any atom is 0.179 e. The minimum absolute atomic E-state index is 0.271. The van der Waals surface area contributed by atoms with Crippen LogP contribution in [-0.2, 0) is 0 Å². The van der Waals surface area contributed by atoms with Gasteiger partial charge in [-0.15, -0.1) is 5.10 Å². The minimum atomic E-state index is 0.271. The Bertz CT molecular complexity index is 832. The fourth-order valence-corrected chi connectivity index (χ4v) is 1.87. The van der Waals surface area contributed by atoms with E-state index in [1.165, 1.54) is 10.7 Å². The van der Waals surface area contributed by atoms with Crippen LogP contribution in [0.1, 0.15) is 5.69 Å². The molecule has 0 unspecified atom stereocenters. The lowest BCUT2D eigenvalue weighted by molar-refractivity contribution is 0.413. The molecule has 0 amide bonds. The van der Waals surface area contributed by atoms with Crippen LogP contribution in [0.2, 0.25) is 0 Å². The van der Waals surface area contributed by atoms with Gasteiger partial charge in [0.1, 0.15) is 23.5 Å². The van der Waals surface area contributed by atoms with Gasteiger partial charge in [-0.25, -0.2) is 9.97 Å². The summed E-state index contributed by atoms with van der Waals surface area (Å²) in [4.78, 5) is 8.38. The van der Waals surface area contributed by atoms with E-state index in [0.29, 0.717) is 28.6 Å². The normalized spacial score (nSPS) is 10.3. The molecular formula is C13H11N7O. The SMILES string of the molecule is COc1ccc(Nc2cc(N)nn3c(C#N)cnc23)nc1. The molecule has 0 aliphatic rings. The predicted octanol–water partition coefficient (Wildman–Crippen LogP) is 1.33. The third-order valence-corrected chi connectivity index (χ3v) is 2.84. The minimum Gasteiger partial charge on any atom is -0.495 e. The Morgan fingerprint density at radius 3 is 2.86 bits per heavy atom. The summed E-state index contributed by atoms with van der Waals surface area (Å²) in [5, 5.41) is 16.2.